The fourth-order valence-electron chi connectivity index (χ4n) is 4.75. The Kier molecular flexibility index (Phi) is 13.8. The van der Waals surface area contributed by atoms with E-state index in [1.165, 1.54) is 18.7 Å². The minimum atomic E-state index is -1.21. The van der Waals surface area contributed by atoms with E-state index >= 15 is 0 Å². The number of carboxylic acid groups (broad SMARTS) is 2. The van der Waals surface area contributed by atoms with E-state index < -0.39 is 24.3 Å². The molecule has 0 aliphatic rings. The molecule has 3 rings (SSSR count). The van der Waals surface area contributed by atoms with Crippen LogP contribution in [0.25, 0.3) is 0 Å². The van der Waals surface area contributed by atoms with Crippen LogP contribution in [0.1, 0.15) is 73.2 Å². The van der Waals surface area contributed by atoms with Gasteiger partial charge in [-0.05, 0) is 73.7 Å². The number of phenolic OH excluding ortho intramolecular Hbond substituents is 1. The summed E-state index contributed by atoms with van der Waals surface area (Å²) in [7, 11) is 0. The van der Waals surface area contributed by atoms with Gasteiger partial charge in [-0.25, -0.2) is 0 Å². The van der Waals surface area contributed by atoms with Gasteiger partial charge in [0.15, 0.2) is 5.78 Å². The first-order chi connectivity index (χ1) is 21.5. The topological polar surface area (TPSA) is 150 Å². The molecule has 0 spiro atoms. The van der Waals surface area contributed by atoms with E-state index in [4.69, 9.17) is 9.84 Å². The van der Waals surface area contributed by atoms with E-state index in [9.17, 15) is 29.4 Å². The molecule has 240 valence electrons. The van der Waals surface area contributed by atoms with Crippen molar-refractivity contribution in [1.29, 1.82) is 0 Å². The molecule has 45 heavy (non-hydrogen) atoms. The molecule has 2 atom stereocenters. The Morgan fingerprint density at radius 2 is 1.69 bits per heavy atom. The summed E-state index contributed by atoms with van der Waals surface area (Å²) in [5, 5.41) is 31.3. The molecule has 0 saturated carbocycles. The van der Waals surface area contributed by atoms with E-state index in [1.807, 2.05) is 44.2 Å². The first kappa shape index (κ1) is 35.5. The van der Waals surface area contributed by atoms with Crippen LogP contribution in [0.3, 0.4) is 0 Å². The van der Waals surface area contributed by atoms with Crippen LogP contribution in [0.15, 0.2) is 70.5 Å². The number of ketones is 1. The number of benzene rings is 3. The SMILES string of the molecule is CCCc1c(OCCCSc2ccc(C(Sc3cccc(NC(=O)CC(=O)O)c3)C(C)CC(=O)O)cc2)ccc(C(C)=O)c1O. The molecule has 0 aromatic heterocycles. The maximum atomic E-state index is 11.9. The van der Waals surface area contributed by atoms with Gasteiger partial charge in [0.2, 0.25) is 5.91 Å². The lowest BCUT2D eigenvalue weighted by Crippen LogP contribution is -2.15. The summed E-state index contributed by atoms with van der Waals surface area (Å²) >= 11 is 3.17. The summed E-state index contributed by atoms with van der Waals surface area (Å²) in [4.78, 5) is 48.0. The van der Waals surface area contributed by atoms with E-state index in [-0.39, 0.29) is 29.1 Å². The fourth-order valence-corrected chi connectivity index (χ4v) is 6.84. The first-order valence-electron chi connectivity index (χ1n) is 14.7. The number of anilines is 1. The highest BCUT2D eigenvalue weighted by Crippen LogP contribution is 2.43. The number of Topliss-reactive ketones (excluding diaryl/α,β-unsaturated/α-hetero) is 1. The van der Waals surface area contributed by atoms with Crippen LogP contribution in [-0.4, -0.2) is 51.3 Å². The predicted molar refractivity (Wildman–Crippen MR) is 177 cm³/mol. The standard InChI is InChI=1S/C34H39NO8S2/c1-4-7-28-29(15-14-27(22(3)36)33(28)42)43-16-6-17-44-25-12-10-23(11-13-25)34(21(2)18-31(38)39)45-26-9-5-8-24(19-26)35-30(37)20-32(40)41/h5,8-15,19,21,34,42H,4,6-7,16-18,20H2,1-3H3,(H,35,37)(H,38,39)(H,40,41). The highest BCUT2D eigenvalue weighted by molar-refractivity contribution is 7.99. The normalized spacial score (nSPS) is 12.2. The second kappa shape index (κ2) is 17.5. The zero-order chi connectivity index (χ0) is 32.9. The molecule has 3 aromatic carbocycles. The third-order valence-corrected chi connectivity index (χ3v) is 9.46. The Morgan fingerprint density at radius 3 is 2.33 bits per heavy atom. The monoisotopic (exact) mass is 653 g/mol. The van der Waals surface area contributed by atoms with Gasteiger partial charge in [-0.1, -0.05) is 38.5 Å². The van der Waals surface area contributed by atoms with Gasteiger partial charge in [0.1, 0.15) is 17.9 Å². The molecule has 4 N–H and O–H groups in total. The maximum Gasteiger partial charge on any atom is 0.312 e. The number of aliphatic carboxylic acids is 2. The van der Waals surface area contributed by atoms with Crippen LogP contribution in [0.2, 0.25) is 0 Å². The minimum absolute atomic E-state index is 0.000618. The predicted octanol–water partition coefficient (Wildman–Crippen LogP) is 7.47. The summed E-state index contributed by atoms with van der Waals surface area (Å²) in [6.07, 6.45) is 1.54. The lowest BCUT2D eigenvalue weighted by Gasteiger charge is -2.23. The second-order valence-electron chi connectivity index (χ2n) is 10.6. The summed E-state index contributed by atoms with van der Waals surface area (Å²) < 4.78 is 5.97. The van der Waals surface area contributed by atoms with E-state index in [0.29, 0.717) is 35.6 Å². The van der Waals surface area contributed by atoms with Crippen molar-refractivity contribution in [1.82, 2.24) is 0 Å². The third-order valence-electron chi connectivity index (χ3n) is 6.85. The van der Waals surface area contributed by atoms with Crippen LogP contribution in [0.4, 0.5) is 5.69 Å². The lowest BCUT2D eigenvalue weighted by atomic mass is 9.97. The van der Waals surface area contributed by atoms with Gasteiger partial charge in [0.05, 0.1) is 12.2 Å². The van der Waals surface area contributed by atoms with Gasteiger partial charge in [-0.3, -0.25) is 19.2 Å². The molecule has 0 radical (unpaired) electrons. The van der Waals surface area contributed by atoms with Crippen LogP contribution in [0, 0.1) is 5.92 Å². The van der Waals surface area contributed by atoms with Gasteiger partial charge in [0, 0.05) is 38.5 Å². The van der Waals surface area contributed by atoms with E-state index in [2.05, 4.69) is 5.32 Å². The smallest absolute Gasteiger partial charge is 0.312 e. The van der Waals surface area contributed by atoms with Crippen molar-refractivity contribution in [2.45, 2.75) is 67.9 Å². The Hall–Kier alpha value is -3.96. The van der Waals surface area contributed by atoms with Crippen molar-refractivity contribution < 1.29 is 39.2 Å². The zero-order valence-corrected chi connectivity index (χ0v) is 27.2. The van der Waals surface area contributed by atoms with Crippen molar-refractivity contribution in [2.75, 3.05) is 17.7 Å². The third kappa shape index (κ3) is 11.2. The highest BCUT2D eigenvalue weighted by atomic mass is 32.2. The molecule has 3 aromatic rings. The molecule has 0 fully saturated rings. The van der Waals surface area contributed by atoms with Crippen LogP contribution in [-0.2, 0) is 20.8 Å². The van der Waals surface area contributed by atoms with Crippen LogP contribution < -0.4 is 10.1 Å². The lowest BCUT2D eigenvalue weighted by molar-refractivity contribution is -0.140. The number of carbonyl (C=O) groups is 4. The number of amides is 1. The molecule has 9 nitrogen and oxygen atoms in total. The van der Waals surface area contributed by atoms with E-state index in [1.54, 1.807) is 42.1 Å². The Bertz CT molecular complexity index is 1490. The van der Waals surface area contributed by atoms with E-state index in [0.717, 1.165) is 33.9 Å². The van der Waals surface area contributed by atoms with Crippen molar-refractivity contribution >= 4 is 52.8 Å². The van der Waals surface area contributed by atoms with Gasteiger partial charge in [-0.15, -0.1) is 23.5 Å². The molecule has 2 unspecified atom stereocenters. The number of carbonyl (C=O) groups excluding carboxylic acids is 2. The van der Waals surface area contributed by atoms with Gasteiger partial charge < -0.3 is 25.4 Å². The average Bonchev–Trinajstić information content (AvgIpc) is 2.97. The molecule has 0 bridgehead atoms. The number of hydrogen-bond donors (Lipinski definition) is 4. The van der Waals surface area contributed by atoms with Crippen LogP contribution in [0.5, 0.6) is 11.5 Å². The largest absolute Gasteiger partial charge is 0.507 e. The number of phenols is 1. The zero-order valence-electron chi connectivity index (χ0n) is 25.6. The second-order valence-corrected chi connectivity index (χ2v) is 13.0. The highest BCUT2D eigenvalue weighted by Gasteiger charge is 2.23. The molecule has 0 saturated heterocycles. The minimum Gasteiger partial charge on any atom is -0.507 e. The number of hydrogen-bond acceptors (Lipinski definition) is 8. The molecule has 0 aliphatic heterocycles. The van der Waals surface area contributed by atoms with Gasteiger partial charge >= 0.3 is 11.9 Å². The fraction of sp³-hybridized carbons (Fsp3) is 0.353. The Balaban J connectivity index is 1.62. The molecule has 0 heterocycles. The number of aromatic hydroxyl groups is 1. The quantitative estimate of drug-likeness (QED) is 0.0471. The molecule has 1 amide bonds. The van der Waals surface area contributed by atoms with Gasteiger partial charge in [-0.2, -0.15) is 0 Å². The summed E-state index contributed by atoms with van der Waals surface area (Å²) in [5.41, 5.74) is 2.41. The Labute approximate surface area is 271 Å². The summed E-state index contributed by atoms with van der Waals surface area (Å²) in [5.74, 6) is -1.71. The van der Waals surface area contributed by atoms with Gasteiger partial charge in [0.25, 0.3) is 0 Å². The number of ether oxygens (including phenoxy) is 1. The van der Waals surface area contributed by atoms with Crippen molar-refractivity contribution in [3.8, 4) is 11.5 Å². The number of nitrogens with one attached hydrogen (secondary N) is 1. The Morgan fingerprint density at radius 1 is 0.956 bits per heavy atom. The van der Waals surface area contributed by atoms with Crippen LogP contribution >= 0.6 is 23.5 Å². The number of rotatable bonds is 18. The average molecular weight is 654 g/mol. The molecule has 0 aliphatic carbocycles. The maximum absolute atomic E-state index is 11.9. The molecular formula is C34H39NO8S2. The number of carboxylic acids is 2. The number of thioether (sulfide) groups is 2. The van der Waals surface area contributed by atoms with Crippen molar-refractivity contribution in [3.63, 3.8) is 0 Å². The molecular weight excluding hydrogens is 615 g/mol. The summed E-state index contributed by atoms with van der Waals surface area (Å²) in [6.45, 7) is 5.79. The van der Waals surface area contributed by atoms with Crippen molar-refractivity contribution in [3.05, 3.63) is 77.4 Å². The van der Waals surface area contributed by atoms with Crippen molar-refractivity contribution in [2.24, 2.45) is 5.92 Å². The first-order valence-corrected chi connectivity index (χ1v) is 16.6. The molecule has 11 heteroatoms. The summed E-state index contributed by atoms with van der Waals surface area (Å²) in [6, 6.07) is 18.4.